The largest absolute Gasteiger partial charge is 0.389 e. The molecule has 0 radical (unpaired) electrons. The number of alkyl halides is 3. The summed E-state index contributed by atoms with van der Waals surface area (Å²) < 4.78 is 36.3. The normalized spacial score (nSPS) is 32.9. The summed E-state index contributed by atoms with van der Waals surface area (Å²) in [7, 11) is 0. The molecule has 0 bridgehead atoms. The van der Waals surface area contributed by atoms with Crippen molar-refractivity contribution in [1.29, 1.82) is 0 Å². The lowest BCUT2D eigenvalue weighted by molar-refractivity contribution is -0.145. The number of rotatable bonds is 3. The lowest BCUT2D eigenvalue weighted by Crippen LogP contribution is -2.31. The van der Waals surface area contributed by atoms with Crippen LogP contribution in [0.1, 0.15) is 57.8 Å². The molecule has 18 heavy (non-hydrogen) atoms. The second-order valence-electron chi connectivity index (χ2n) is 5.90. The first-order valence-corrected chi connectivity index (χ1v) is 7.05. The number of carbonyl (C=O) groups is 1. The molecular formula is C14H21F3O. The number of fused-ring (bicyclic) bond motifs is 1. The molecule has 104 valence electrons. The highest BCUT2D eigenvalue weighted by Crippen LogP contribution is 2.43. The van der Waals surface area contributed by atoms with Crippen molar-refractivity contribution < 1.29 is 18.0 Å². The van der Waals surface area contributed by atoms with Crippen LogP contribution in [-0.4, -0.2) is 12.0 Å². The zero-order valence-corrected chi connectivity index (χ0v) is 10.6. The molecule has 2 fully saturated rings. The van der Waals surface area contributed by atoms with Gasteiger partial charge in [-0.15, -0.1) is 0 Å². The highest BCUT2D eigenvalue weighted by Gasteiger charge is 2.36. The van der Waals surface area contributed by atoms with E-state index in [9.17, 15) is 18.0 Å². The van der Waals surface area contributed by atoms with Crippen molar-refractivity contribution in [2.45, 2.75) is 64.0 Å². The second-order valence-corrected chi connectivity index (χ2v) is 5.90. The quantitative estimate of drug-likeness (QED) is 0.731. The Bertz CT molecular complexity index is 298. The van der Waals surface area contributed by atoms with Crippen molar-refractivity contribution in [3.05, 3.63) is 0 Å². The second kappa shape index (κ2) is 5.62. The maximum absolute atomic E-state index is 12.1. The summed E-state index contributed by atoms with van der Waals surface area (Å²) >= 11 is 0. The first kappa shape index (κ1) is 13.9. The Hall–Kier alpha value is -0.540. The summed E-state index contributed by atoms with van der Waals surface area (Å²) in [4.78, 5) is 11.8. The van der Waals surface area contributed by atoms with Crippen molar-refractivity contribution >= 4 is 5.78 Å². The minimum atomic E-state index is -4.20. The smallest absolute Gasteiger partial charge is 0.299 e. The molecular weight excluding hydrogens is 241 g/mol. The number of ketones is 1. The maximum atomic E-state index is 12.1. The SMILES string of the molecule is O=C(CCC(F)(F)F)C1CCC2CCCCC2C1. The Morgan fingerprint density at radius 3 is 2.33 bits per heavy atom. The number of halogens is 3. The summed E-state index contributed by atoms with van der Waals surface area (Å²) in [5.74, 6) is 1.10. The lowest BCUT2D eigenvalue weighted by Gasteiger charge is -2.38. The van der Waals surface area contributed by atoms with Crippen LogP contribution in [0.4, 0.5) is 13.2 Å². The molecule has 1 nitrogen and oxygen atoms in total. The Kier molecular flexibility index (Phi) is 4.33. The van der Waals surface area contributed by atoms with Gasteiger partial charge < -0.3 is 0 Å². The average molecular weight is 262 g/mol. The van der Waals surface area contributed by atoms with Crippen LogP contribution in [0.3, 0.4) is 0 Å². The van der Waals surface area contributed by atoms with Crippen molar-refractivity contribution in [3.8, 4) is 0 Å². The predicted molar refractivity (Wildman–Crippen MR) is 63.1 cm³/mol. The van der Waals surface area contributed by atoms with Gasteiger partial charge in [-0.3, -0.25) is 4.79 Å². The molecule has 0 aromatic rings. The predicted octanol–water partition coefficient (Wildman–Crippen LogP) is 4.50. The standard InChI is InChI=1S/C14H21F3O/c15-14(16,17)8-7-13(18)12-6-5-10-3-1-2-4-11(10)9-12/h10-12H,1-9H2. The molecule has 2 rings (SSSR count). The van der Waals surface area contributed by atoms with E-state index in [0.717, 1.165) is 25.2 Å². The zero-order chi connectivity index (χ0) is 13.2. The molecule has 0 aromatic heterocycles. The van der Waals surface area contributed by atoms with Gasteiger partial charge >= 0.3 is 6.18 Å². The van der Waals surface area contributed by atoms with Crippen molar-refractivity contribution in [2.24, 2.45) is 17.8 Å². The van der Waals surface area contributed by atoms with E-state index >= 15 is 0 Å². The third-order valence-corrected chi connectivity index (χ3v) is 4.65. The molecule has 0 heterocycles. The molecule has 4 heteroatoms. The van der Waals surface area contributed by atoms with Gasteiger partial charge in [0.2, 0.25) is 0 Å². The van der Waals surface area contributed by atoms with Gasteiger partial charge in [-0.05, 0) is 31.1 Å². The highest BCUT2D eigenvalue weighted by atomic mass is 19.4. The Balaban J connectivity index is 1.81. The monoisotopic (exact) mass is 262 g/mol. The lowest BCUT2D eigenvalue weighted by atomic mass is 9.66. The van der Waals surface area contributed by atoms with Crippen LogP contribution in [0.5, 0.6) is 0 Å². The fourth-order valence-corrected chi connectivity index (χ4v) is 3.63. The van der Waals surface area contributed by atoms with E-state index in [1.807, 2.05) is 0 Å². The van der Waals surface area contributed by atoms with Gasteiger partial charge in [0, 0.05) is 12.3 Å². The average Bonchev–Trinajstić information content (AvgIpc) is 2.34. The van der Waals surface area contributed by atoms with Crippen molar-refractivity contribution in [2.75, 3.05) is 0 Å². The Morgan fingerprint density at radius 2 is 1.67 bits per heavy atom. The van der Waals surface area contributed by atoms with Crippen LogP contribution in [-0.2, 0) is 4.79 Å². The molecule has 2 saturated carbocycles. The molecule has 0 amide bonds. The topological polar surface area (TPSA) is 17.1 Å². The highest BCUT2D eigenvalue weighted by molar-refractivity contribution is 5.81. The van der Waals surface area contributed by atoms with Gasteiger partial charge in [0.1, 0.15) is 5.78 Å². The Morgan fingerprint density at radius 1 is 1.00 bits per heavy atom. The molecule has 0 N–H and O–H groups in total. The van der Waals surface area contributed by atoms with E-state index in [1.54, 1.807) is 0 Å². The van der Waals surface area contributed by atoms with E-state index in [4.69, 9.17) is 0 Å². The number of Topliss-reactive ketones (excluding diaryl/α,β-unsaturated/α-hetero) is 1. The van der Waals surface area contributed by atoms with E-state index in [1.165, 1.54) is 25.7 Å². The van der Waals surface area contributed by atoms with Crippen LogP contribution in [0.25, 0.3) is 0 Å². The van der Waals surface area contributed by atoms with Crippen LogP contribution >= 0.6 is 0 Å². The maximum Gasteiger partial charge on any atom is 0.389 e. The van der Waals surface area contributed by atoms with E-state index < -0.39 is 12.6 Å². The first-order valence-electron chi connectivity index (χ1n) is 7.05. The van der Waals surface area contributed by atoms with Crippen LogP contribution in [0, 0.1) is 17.8 Å². The third kappa shape index (κ3) is 3.72. The molecule has 2 aliphatic rings. The van der Waals surface area contributed by atoms with Gasteiger partial charge in [-0.1, -0.05) is 25.7 Å². The van der Waals surface area contributed by atoms with E-state index in [-0.39, 0.29) is 18.1 Å². The van der Waals surface area contributed by atoms with Crippen molar-refractivity contribution in [3.63, 3.8) is 0 Å². The summed E-state index contributed by atoms with van der Waals surface area (Å²) in [6.45, 7) is 0. The van der Waals surface area contributed by atoms with E-state index in [2.05, 4.69) is 0 Å². The molecule has 3 atom stereocenters. The van der Waals surface area contributed by atoms with Gasteiger partial charge in [0.05, 0.1) is 6.42 Å². The Labute approximate surface area is 106 Å². The molecule has 2 aliphatic carbocycles. The molecule has 0 saturated heterocycles. The fourth-order valence-electron chi connectivity index (χ4n) is 3.63. The number of hydrogen-bond acceptors (Lipinski definition) is 1. The minimum Gasteiger partial charge on any atom is -0.299 e. The van der Waals surface area contributed by atoms with Crippen LogP contribution < -0.4 is 0 Å². The van der Waals surface area contributed by atoms with Crippen LogP contribution in [0.15, 0.2) is 0 Å². The summed E-state index contributed by atoms with van der Waals surface area (Å²) in [5.41, 5.74) is 0. The van der Waals surface area contributed by atoms with Gasteiger partial charge in [-0.2, -0.15) is 13.2 Å². The van der Waals surface area contributed by atoms with Crippen LogP contribution in [0.2, 0.25) is 0 Å². The summed E-state index contributed by atoms with van der Waals surface area (Å²) in [6, 6.07) is 0. The van der Waals surface area contributed by atoms with E-state index in [0.29, 0.717) is 5.92 Å². The summed E-state index contributed by atoms with van der Waals surface area (Å²) in [6.07, 6.45) is 2.20. The van der Waals surface area contributed by atoms with Crippen molar-refractivity contribution in [1.82, 2.24) is 0 Å². The molecule has 0 spiro atoms. The van der Waals surface area contributed by atoms with Gasteiger partial charge in [-0.25, -0.2) is 0 Å². The van der Waals surface area contributed by atoms with Gasteiger partial charge in [0.15, 0.2) is 0 Å². The minimum absolute atomic E-state index is 0.0910. The first-order chi connectivity index (χ1) is 8.46. The number of hydrogen-bond donors (Lipinski definition) is 0. The fraction of sp³-hybridized carbons (Fsp3) is 0.929. The third-order valence-electron chi connectivity index (χ3n) is 4.65. The molecule has 3 unspecified atom stereocenters. The summed E-state index contributed by atoms with van der Waals surface area (Å²) in [5, 5.41) is 0. The number of carbonyl (C=O) groups excluding carboxylic acids is 1. The van der Waals surface area contributed by atoms with Gasteiger partial charge in [0.25, 0.3) is 0 Å². The molecule has 0 aliphatic heterocycles. The zero-order valence-electron chi connectivity index (χ0n) is 10.6. The molecule has 0 aromatic carbocycles.